The van der Waals surface area contributed by atoms with E-state index in [0.29, 0.717) is 5.69 Å². The number of anilines is 1. The van der Waals surface area contributed by atoms with E-state index < -0.39 is 17.9 Å². The third-order valence-corrected chi connectivity index (χ3v) is 2.75. The van der Waals surface area contributed by atoms with Crippen molar-refractivity contribution in [3.63, 3.8) is 0 Å². The van der Waals surface area contributed by atoms with E-state index in [2.05, 4.69) is 5.32 Å². The van der Waals surface area contributed by atoms with Crippen LogP contribution in [0.3, 0.4) is 0 Å². The van der Waals surface area contributed by atoms with Gasteiger partial charge >= 0.3 is 5.97 Å². The molecule has 0 spiro atoms. The summed E-state index contributed by atoms with van der Waals surface area (Å²) in [5, 5.41) is 2.68. The van der Waals surface area contributed by atoms with Crippen molar-refractivity contribution in [2.24, 2.45) is 5.73 Å². The Kier molecular flexibility index (Phi) is 5.06. The van der Waals surface area contributed by atoms with Gasteiger partial charge in [0.1, 0.15) is 0 Å². The van der Waals surface area contributed by atoms with E-state index >= 15 is 0 Å². The first kappa shape index (κ1) is 15.2. The van der Waals surface area contributed by atoms with Crippen LogP contribution in [0.5, 0.6) is 0 Å². The third kappa shape index (κ3) is 3.79. The fourth-order valence-corrected chi connectivity index (χ4v) is 1.92. The van der Waals surface area contributed by atoms with Crippen LogP contribution in [0.2, 0.25) is 0 Å². The number of hydrogen-bond donors (Lipinski definition) is 2. The molecule has 1 rings (SSSR count). The Balaban J connectivity index is 2.86. The SMILES string of the molecule is CCOC(=O)C(N)C(=O)Nc1c(C)cc(C)cc1C. The van der Waals surface area contributed by atoms with Crippen LogP contribution in [-0.2, 0) is 14.3 Å². The zero-order chi connectivity index (χ0) is 14.6. The minimum absolute atomic E-state index is 0.197. The summed E-state index contributed by atoms with van der Waals surface area (Å²) in [4.78, 5) is 23.3. The van der Waals surface area contributed by atoms with E-state index in [1.807, 2.05) is 32.9 Å². The average molecular weight is 264 g/mol. The Bertz CT molecular complexity index is 474. The molecule has 1 unspecified atom stereocenters. The zero-order valence-corrected chi connectivity index (χ0v) is 11.7. The summed E-state index contributed by atoms with van der Waals surface area (Å²) in [5.74, 6) is -1.28. The van der Waals surface area contributed by atoms with Crippen molar-refractivity contribution in [1.82, 2.24) is 0 Å². The molecule has 0 aliphatic rings. The average Bonchev–Trinajstić information content (AvgIpc) is 2.32. The van der Waals surface area contributed by atoms with Crippen LogP contribution >= 0.6 is 0 Å². The molecule has 0 saturated carbocycles. The monoisotopic (exact) mass is 264 g/mol. The van der Waals surface area contributed by atoms with Crippen LogP contribution in [0.1, 0.15) is 23.6 Å². The molecule has 0 saturated heterocycles. The number of amides is 1. The Morgan fingerprint density at radius 3 is 2.26 bits per heavy atom. The van der Waals surface area contributed by atoms with Crippen LogP contribution in [0.25, 0.3) is 0 Å². The van der Waals surface area contributed by atoms with Gasteiger partial charge in [-0.25, -0.2) is 4.79 Å². The fraction of sp³-hybridized carbons (Fsp3) is 0.429. The first-order chi connectivity index (χ1) is 8.86. The van der Waals surface area contributed by atoms with Gasteiger partial charge in [0.05, 0.1) is 6.61 Å². The standard InChI is InChI=1S/C14H20N2O3/c1-5-19-14(18)11(15)13(17)16-12-9(3)6-8(2)7-10(12)4/h6-7,11H,5,15H2,1-4H3,(H,16,17). The maximum absolute atomic E-state index is 11.9. The quantitative estimate of drug-likeness (QED) is 0.637. The molecular weight excluding hydrogens is 244 g/mol. The van der Waals surface area contributed by atoms with Gasteiger partial charge in [-0.05, 0) is 38.8 Å². The highest BCUT2D eigenvalue weighted by Gasteiger charge is 2.24. The lowest BCUT2D eigenvalue weighted by Gasteiger charge is -2.15. The summed E-state index contributed by atoms with van der Waals surface area (Å²) in [6, 6.07) is 2.61. The summed E-state index contributed by atoms with van der Waals surface area (Å²) in [7, 11) is 0. The molecule has 1 aromatic rings. The molecule has 19 heavy (non-hydrogen) atoms. The summed E-state index contributed by atoms with van der Waals surface area (Å²) in [6.45, 7) is 7.63. The first-order valence-corrected chi connectivity index (χ1v) is 6.17. The van der Waals surface area contributed by atoms with E-state index in [1.165, 1.54) is 0 Å². The summed E-state index contributed by atoms with van der Waals surface area (Å²) in [5.41, 5.74) is 9.21. The van der Waals surface area contributed by atoms with E-state index in [-0.39, 0.29) is 6.61 Å². The number of rotatable bonds is 4. The van der Waals surface area contributed by atoms with E-state index in [4.69, 9.17) is 10.5 Å². The molecular formula is C14H20N2O3. The topological polar surface area (TPSA) is 81.4 Å². The van der Waals surface area contributed by atoms with Crippen molar-refractivity contribution in [2.75, 3.05) is 11.9 Å². The second-order valence-electron chi connectivity index (χ2n) is 4.49. The Morgan fingerprint density at radius 1 is 1.26 bits per heavy atom. The molecule has 0 aromatic heterocycles. The summed E-state index contributed by atoms with van der Waals surface area (Å²) in [6.07, 6.45) is 0. The number of carbonyl (C=O) groups is 2. The number of aryl methyl sites for hydroxylation is 3. The van der Waals surface area contributed by atoms with Crippen LogP contribution < -0.4 is 11.1 Å². The number of nitrogens with two attached hydrogens (primary N) is 1. The second-order valence-corrected chi connectivity index (χ2v) is 4.49. The highest BCUT2D eigenvalue weighted by molar-refractivity contribution is 6.08. The van der Waals surface area contributed by atoms with Crippen molar-refractivity contribution >= 4 is 17.6 Å². The zero-order valence-electron chi connectivity index (χ0n) is 11.7. The van der Waals surface area contributed by atoms with Crippen molar-refractivity contribution < 1.29 is 14.3 Å². The van der Waals surface area contributed by atoms with Crippen LogP contribution in [0, 0.1) is 20.8 Å². The highest BCUT2D eigenvalue weighted by Crippen LogP contribution is 2.21. The molecule has 0 aliphatic carbocycles. The van der Waals surface area contributed by atoms with Gasteiger partial charge in [-0.15, -0.1) is 0 Å². The lowest BCUT2D eigenvalue weighted by atomic mass is 10.0. The maximum atomic E-state index is 11.9. The molecule has 104 valence electrons. The number of carbonyl (C=O) groups excluding carboxylic acids is 2. The number of nitrogens with one attached hydrogen (secondary N) is 1. The minimum atomic E-state index is -1.31. The number of esters is 1. The Labute approximate surface area is 113 Å². The van der Waals surface area contributed by atoms with Crippen LogP contribution in [0.4, 0.5) is 5.69 Å². The van der Waals surface area contributed by atoms with Gasteiger partial charge in [0.25, 0.3) is 5.91 Å². The molecule has 1 amide bonds. The number of hydrogen-bond acceptors (Lipinski definition) is 4. The van der Waals surface area contributed by atoms with Crippen molar-refractivity contribution in [3.05, 3.63) is 28.8 Å². The molecule has 0 aliphatic heterocycles. The van der Waals surface area contributed by atoms with Crippen molar-refractivity contribution in [1.29, 1.82) is 0 Å². The number of benzene rings is 1. The maximum Gasteiger partial charge on any atom is 0.332 e. The van der Waals surface area contributed by atoms with E-state index in [1.54, 1.807) is 6.92 Å². The molecule has 1 atom stereocenters. The second kappa shape index (κ2) is 6.33. The van der Waals surface area contributed by atoms with E-state index in [0.717, 1.165) is 16.7 Å². The van der Waals surface area contributed by atoms with Gasteiger partial charge in [-0.3, -0.25) is 4.79 Å². The van der Waals surface area contributed by atoms with E-state index in [9.17, 15) is 9.59 Å². The minimum Gasteiger partial charge on any atom is -0.464 e. The molecule has 1 aromatic carbocycles. The molecule has 0 heterocycles. The largest absolute Gasteiger partial charge is 0.464 e. The molecule has 5 heteroatoms. The highest BCUT2D eigenvalue weighted by atomic mass is 16.5. The van der Waals surface area contributed by atoms with Crippen LogP contribution in [-0.4, -0.2) is 24.5 Å². The Hall–Kier alpha value is -1.88. The Morgan fingerprint density at radius 2 is 1.79 bits per heavy atom. The van der Waals surface area contributed by atoms with Gasteiger partial charge in [-0.1, -0.05) is 17.7 Å². The summed E-state index contributed by atoms with van der Waals surface area (Å²) >= 11 is 0. The lowest BCUT2D eigenvalue weighted by Crippen LogP contribution is -2.43. The van der Waals surface area contributed by atoms with Gasteiger partial charge in [0.2, 0.25) is 0 Å². The molecule has 3 N–H and O–H groups in total. The van der Waals surface area contributed by atoms with Gasteiger partial charge in [-0.2, -0.15) is 0 Å². The first-order valence-electron chi connectivity index (χ1n) is 6.17. The van der Waals surface area contributed by atoms with Crippen molar-refractivity contribution in [3.8, 4) is 0 Å². The lowest BCUT2D eigenvalue weighted by molar-refractivity contribution is -0.146. The number of ether oxygens (including phenoxy) is 1. The summed E-state index contributed by atoms with van der Waals surface area (Å²) < 4.78 is 4.72. The third-order valence-electron chi connectivity index (χ3n) is 2.75. The molecule has 0 fully saturated rings. The predicted molar refractivity (Wildman–Crippen MR) is 73.9 cm³/mol. The predicted octanol–water partition coefficient (Wildman–Crippen LogP) is 1.44. The molecule has 0 bridgehead atoms. The smallest absolute Gasteiger partial charge is 0.332 e. The van der Waals surface area contributed by atoms with Gasteiger partial charge in [0.15, 0.2) is 6.04 Å². The van der Waals surface area contributed by atoms with Gasteiger partial charge < -0.3 is 15.8 Å². The normalized spacial score (nSPS) is 11.8. The van der Waals surface area contributed by atoms with Gasteiger partial charge in [0, 0.05) is 5.69 Å². The van der Waals surface area contributed by atoms with Crippen LogP contribution in [0.15, 0.2) is 12.1 Å². The molecule has 5 nitrogen and oxygen atoms in total. The van der Waals surface area contributed by atoms with Crippen molar-refractivity contribution in [2.45, 2.75) is 33.7 Å². The molecule has 0 radical (unpaired) electrons. The fourth-order valence-electron chi connectivity index (χ4n) is 1.92.